The lowest BCUT2D eigenvalue weighted by Crippen LogP contribution is -2.63. The zero-order valence-corrected chi connectivity index (χ0v) is 42.8. The summed E-state index contributed by atoms with van der Waals surface area (Å²) in [7, 11) is 2.89. The Kier molecular flexibility index (Phi) is 18.3. The van der Waals surface area contributed by atoms with Crippen LogP contribution in [0.15, 0.2) is 0 Å². The van der Waals surface area contributed by atoms with Crippen LogP contribution in [-0.2, 0) is 51.6 Å². The average Bonchev–Trinajstić information content (AvgIpc) is 3.11. The lowest BCUT2D eigenvalue weighted by molar-refractivity contribution is -0.315. The van der Waals surface area contributed by atoms with Gasteiger partial charge >= 0.3 is 5.97 Å². The third-order valence-electron chi connectivity index (χ3n) is 12.9. The van der Waals surface area contributed by atoms with Crippen molar-refractivity contribution in [3.05, 3.63) is 0 Å². The largest absolute Gasteiger partial charge is 0.459 e. The molecule has 0 amide bonds. The van der Waals surface area contributed by atoms with Gasteiger partial charge in [-0.1, -0.05) is 27.7 Å². The lowest BCUT2D eigenvalue weighted by atomic mass is 9.74. The van der Waals surface area contributed by atoms with E-state index in [2.05, 4.69) is 44.2 Å². The number of methoxy groups -OCH3 is 2. The van der Waals surface area contributed by atoms with Gasteiger partial charge in [0, 0.05) is 44.4 Å². The van der Waals surface area contributed by atoms with Crippen molar-refractivity contribution in [2.24, 2.45) is 23.7 Å². The minimum atomic E-state index is -2.19. The average molecular weight is 892 g/mol. The highest BCUT2D eigenvalue weighted by Crippen LogP contribution is 2.42. The predicted molar refractivity (Wildman–Crippen MR) is 235 cm³/mol. The Morgan fingerprint density at radius 1 is 0.783 bits per heavy atom. The maximum absolute atomic E-state index is 14.6. The fourth-order valence-electron chi connectivity index (χ4n) is 9.95. The molecule has 3 aliphatic heterocycles. The van der Waals surface area contributed by atoms with Crippen LogP contribution >= 0.6 is 0 Å². The molecule has 0 aromatic carbocycles. The summed E-state index contributed by atoms with van der Waals surface area (Å²) in [6.07, 6.45) is -6.21. The van der Waals surface area contributed by atoms with Gasteiger partial charge in [0.1, 0.15) is 23.6 Å². The first kappa shape index (κ1) is 53.5. The predicted octanol–water partition coefficient (Wildman–Crippen LogP) is 6.16. The van der Waals surface area contributed by atoms with Crippen LogP contribution in [0.3, 0.4) is 0 Å². The third-order valence-corrected chi connectivity index (χ3v) is 14.9. The SMILES string of the molecule is CCC1OC(=O)[C@H](C)C(O[C@H]2C[C@@](C)(OC)[C@@H](O[Si](C)(C)C)[C@H](C)O2)[C@H](C)[C@@H](O[C@@H]2O[C@H](C)C[C@H](N(C)C)[C@H]2O[Si](C)(C)C)[C@](C)(O)C[C@@H](C)C(=O)[C@H](C)[C@@H](OC)[C@]1(C)O. The van der Waals surface area contributed by atoms with Crippen molar-refractivity contribution in [2.75, 3.05) is 28.3 Å². The fourth-order valence-corrected chi connectivity index (χ4v) is 12.2. The van der Waals surface area contributed by atoms with Gasteiger partial charge in [0.25, 0.3) is 0 Å². The van der Waals surface area contributed by atoms with Crippen LogP contribution in [0.1, 0.15) is 94.9 Å². The number of hydrogen-bond donors (Lipinski definition) is 2. The molecular weight excluding hydrogens is 807 g/mol. The first-order valence-electron chi connectivity index (χ1n) is 22.2. The Balaban J connectivity index is 2.27. The topological polar surface area (TPSA) is 161 Å². The molecular formula is C44H85NO13Si2. The van der Waals surface area contributed by atoms with Gasteiger partial charge in [0.2, 0.25) is 0 Å². The molecule has 0 aliphatic carbocycles. The van der Waals surface area contributed by atoms with E-state index in [0.717, 1.165) is 0 Å². The van der Waals surface area contributed by atoms with Gasteiger partial charge < -0.3 is 57.1 Å². The monoisotopic (exact) mass is 892 g/mol. The van der Waals surface area contributed by atoms with E-state index < -0.39 is 112 Å². The van der Waals surface area contributed by atoms with Crippen molar-refractivity contribution in [3.63, 3.8) is 0 Å². The van der Waals surface area contributed by atoms with E-state index in [9.17, 15) is 19.8 Å². The number of nitrogens with zero attached hydrogens (tertiary/aromatic N) is 1. The summed E-state index contributed by atoms with van der Waals surface area (Å²) >= 11 is 0. The second-order valence-corrected chi connectivity index (χ2v) is 30.0. The molecule has 3 saturated heterocycles. The van der Waals surface area contributed by atoms with Crippen molar-refractivity contribution < 1.29 is 61.8 Å². The number of aliphatic hydroxyl groups is 2. The van der Waals surface area contributed by atoms with Gasteiger partial charge in [-0.05, 0) is 114 Å². The number of carbonyl (C=O) groups is 2. The highest BCUT2D eigenvalue weighted by atomic mass is 28.4. The first-order chi connectivity index (χ1) is 27.3. The van der Waals surface area contributed by atoms with E-state index in [1.807, 2.05) is 48.7 Å². The van der Waals surface area contributed by atoms with E-state index in [1.165, 1.54) is 14.0 Å². The van der Waals surface area contributed by atoms with Crippen LogP contribution in [0, 0.1) is 23.7 Å². The van der Waals surface area contributed by atoms with Crippen LogP contribution in [0.5, 0.6) is 0 Å². The maximum atomic E-state index is 14.6. The molecule has 16 heteroatoms. The number of rotatable bonds is 12. The molecule has 2 unspecified atom stereocenters. The molecule has 0 aromatic rings. The van der Waals surface area contributed by atoms with Gasteiger partial charge in [0.05, 0.1) is 53.7 Å². The number of likely N-dealkylation sites (N-methyl/N-ethyl adjacent to an activating group) is 1. The smallest absolute Gasteiger partial charge is 0.311 e. The van der Waals surface area contributed by atoms with Crippen LogP contribution in [0.2, 0.25) is 39.3 Å². The van der Waals surface area contributed by atoms with Crippen molar-refractivity contribution in [2.45, 2.75) is 218 Å². The Morgan fingerprint density at radius 3 is 1.87 bits per heavy atom. The molecule has 0 spiro atoms. The molecule has 0 aromatic heterocycles. The molecule has 0 radical (unpaired) electrons. The molecule has 18 atom stereocenters. The van der Waals surface area contributed by atoms with E-state index in [1.54, 1.807) is 34.8 Å². The Bertz CT molecular complexity index is 1400. The van der Waals surface area contributed by atoms with Crippen molar-refractivity contribution in [1.29, 1.82) is 0 Å². The molecule has 3 aliphatic rings. The number of ketones is 1. The minimum Gasteiger partial charge on any atom is -0.459 e. The highest BCUT2D eigenvalue weighted by molar-refractivity contribution is 6.70. The van der Waals surface area contributed by atoms with Gasteiger partial charge in [-0.15, -0.1) is 0 Å². The molecule has 0 saturated carbocycles. The van der Waals surface area contributed by atoms with Gasteiger partial charge in [-0.3, -0.25) is 9.59 Å². The molecule has 3 rings (SSSR count). The molecule has 14 nitrogen and oxygen atoms in total. The normalized spacial score (nSPS) is 44.7. The standard InChI is InChI=1S/C44H85NO13Si2/c1-21-32-44(10,49)38(50-13)27(4)34(46)25(2)23-42(8,48)37(56-41-36(57-59(15,16)17)31(45(11)12)22-26(3)52-41)28(5)35(29(6)40(47)54-32)55-33-24-43(9,51-14)39(30(7)53-33)58-60(18,19)20/h25-33,35-39,41,48-49H,21-24H2,1-20H3/t25-,26-,27+,28+,29-,30+,31+,32?,33+,35?,36-,37-,38-,39+,41+,42-,43-,44-/m1/s1. The number of carbonyl (C=O) groups excluding carboxylic acids is 2. The van der Waals surface area contributed by atoms with Gasteiger partial charge in [0.15, 0.2) is 29.2 Å². The number of esters is 1. The summed E-state index contributed by atoms with van der Waals surface area (Å²) in [4.78, 5) is 31.0. The number of hydrogen-bond acceptors (Lipinski definition) is 14. The minimum absolute atomic E-state index is 0.0140. The van der Waals surface area contributed by atoms with E-state index >= 15 is 0 Å². The summed E-state index contributed by atoms with van der Waals surface area (Å²) in [5, 5.41) is 24.9. The molecule has 3 fully saturated rings. The van der Waals surface area contributed by atoms with E-state index in [-0.39, 0.29) is 43.3 Å². The second kappa shape index (κ2) is 20.5. The molecule has 352 valence electrons. The van der Waals surface area contributed by atoms with Crippen LogP contribution in [-0.4, -0.2) is 156 Å². The number of cyclic esters (lactones) is 1. The van der Waals surface area contributed by atoms with Crippen molar-refractivity contribution >= 4 is 28.4 Å². The lowest BCUT2D eigenvalue weighted by Gasteiger charge is -2.51. The Hall–Kier alpha value is -0.866. The number of Topliss-reactive ketones (excluding diaryl/α,β-unsaturated/α-hetero) is 1. The fraction of sp³-hybridized carbons (Fsp3) is 0.955. The van der Waals surface area contributed by atoms with Crippen LogP contribution < -0.4 is 0 Å². The summed E-state index contributed by atoms with van der Waals surface area (Å²) in [5.41, 5.74) is -4.24. The molecule has 0 bridgehead atoms. The third kappa shape index (κ3) is 12.9. The Labute approximate surface area is 364 Å². The van der Waals surface area contributed by atoms with Crippen molar-refractivity contribution in [1.82, 2.24) is 4.90 Å². The first-order valence-corrected chi connectivity index (χ1v) is 29.1. The zero-order chi connectivity index (χ0) is 46.1. The summed E-state index contributed by atoms with van der Waals surface area (Å²) in [5.74, 6) is -4.08. The number of ether oxygens (including phenoxy) is 7. The summed E-state index contributed by atoms with van der Waals surface area (Å²) < 4.78 is 59.0. The second-order valence-electron chi connectivity index (χ2n) is 21.1. The Morgan fingerprint density at radius 2 is 1.37 bits per heavy atom. The van der Waals surface area contributed by atoms with Crippen LogP contribution in [0.25, 0.3) is 0 Å². The van der Waals surface area contributed by atoms with E-state index in [0.29, 0.717) is 6.42 Å². The van der Waals surface area contributed by atoms with Gasteiger partial charge in [-0.2, -0.15) is 0 Å². The summed E-state index contributed by atoms with van der Waals surface area (Å²) in [6, 6.07) is -0.0635. The summed E-state index contributed by atoms with van der Waals surface area (Å²) in [6.45, 7) is 30.7. The molecule has 3 heterocycles. The zero-order valence-electron chi connectivity index (χ0n) is 40.8. The maximum Gasteiger partial charge on any atom is 0.311 e. The van der Waals surface area contributed by atoms with Gasteiger partial charge in [-0.25, -0.2) is 0 Å². The highest BCUT2D eigenvalue weighted by Gasteiger charge is 2.55. The van der Waals surface area contributed by atoms with Crippen molar-refractivity contribution in [3.8, 4) is 0 Å². The van der Waals surface area contributed by atoms with E-state index in [4.69, 9.17) is 42.0 Å². The molecule has 60 heavy (non-hydrogen) atoms. The molecule has 2 N–H and O–H groups in total. The van der Waals surface area contributed by atoms with Crippen LogP contribution in [0.4, 0.5) is 0 Å². The quantitative estimate of drug-likeness (QED) is 0.169.